The summed E-state index contributed by atoms with van der Waals surface area (Å²) in [6.45, 7) is 4.27. The zero-order valence-electron chi connectivity index (χ0n) is 12.6. The third kappa shape index (κ3) is 4.08. The first-order chi connectivity index (χ1) is 10.1. The fourth-order valence-electron chi connectivity index (χ4n) is 2.12. The second kappa shape index (κ2) is 6.92. The molecule has 0 saturated heterocycles. The summed E-state index contributed by atoms with van der Waals surface area (Å²) < 4.78 is 10.2. The lowest BCUT2D eigenvalue weighted by Gasteiger charge is -2.06. The average molecular weight is 288 g/mol. The van der Waals surface area contributed by atoms with Gasteiger partial charge in [-0.05, 0) is 38.0 Å². The second-order valence-corrected chi connectivity index (χ2v) is 4.93. The number of amides is 1. The lowest BCUT2D eigenvalue weighted by Crippen LogP contribution is -2.27. The predicted molar refractivity (Wildman–Crippen MR) is 79.4 cm³/mol. The Kier molecular flexibility index (Phi) is 4.98. The Bertz CT molecular complexity index is 583. The summed E-state index contributed by atoms with van der Waals surface area (Å²) in [5.41, 5.74) is 2.81. The molecular formula is C16H20N2O3. The molecule has 1 N–H and O–H groups in total. The Morgan fingerprint density at radius 1 is 1.29 bits per heavy atom. The van der Waals surface area contributed by atoms with Gasteiger partial charge >= 0.3 is 0 Å². The topological polar surface area (TPSA) is 64.4 Å². The highest BCUT2D eigenvalue weighted by molar-refractivity contribution is 5.78. The number of nitrogens with zero attached hydrogens (tertiary/aromatic N) is 1. The lowest BCUT2D eigenvalue weighted by atomic mass is 10.1. The molecule has 0 aliphatic heterocycles. The number of methoxy groups -OCH3 is 1. The van der Waals surface area contributed by atoms with Gasteiger partial charge in [0.25, 0.3) is 0 Å². The largest absolute Gasteiger partial charge is 0.497 e. The molecule has 0 spiro atoms. The van der Waals surface area contributed by atoms with Gasteiger partial charge in [-0.15, -0.1) is 0 Å². The highest BCUT2D eigenvalue weighted by Gasteiger charge is 2.12. The van der Waals surface area contributed by atoms with Gasteiger partial charge < -0.3 is 14.6 Å². The van der Waals surface area contributed by atoms with Crippen LogP contribution in [-0.4, -0.2) is 24.7 Å². The third-order valence-electron chi connectivity index (χ3n) is 3.41. The van der Waals surface area contributed by atoms with Crippen LogP contribution in [0.3, 0.4) is 0 Å². The molecule has 0 aliphatic rings. The van der Waals surface area contributed by atoms with E-state index in [1.54, 1.807) is 7.11 Å². The molecule has 112 valence electrons. The van der Waals surface area contributed by atoms with Crippen LogP contribution in [-0.2, 0) is 17.6 Å². The minimum atomic E-state index is -0.0158. The van der Waals surface area contributed by atoms with Crippen LogP contribution in [0, 0.1) is 13.8 Å². The van der Waals surface area contributed by atoms with Crippen molar-refractivity contribution >= 4 is 5.91 Å². The van der Waals surface area contributed by atoms with Crippen molar-refractivity contribution in [3.63, 3.8) is 0 Å². The summed E-state index contributed by atoms with van der Waals surface area (Å²) in [5.74, 6) is 1.52. The van der Waals surface area contributed by atoms with Crippen molar-refractivity contribution in [1.29, 1.82) is 0 Å². The summed E-state index contributed by atoms with van der Waals surface area (Å²) in [5, 5.41) is 6.76. The van der Waals surface area contributed by atoms with E-state index in [-0.39, 0.29) is 5.91 Å². The lowest BCUT2D eigenvalue weighted by molar-refractivity contribution is -0.120. The number of aryl methyl sites for hydroxylation is 2. The fourth-order valence-corrected chi connectivity index (χ4v) is 2.12. The van der Waals surface area contributed by atoms with Crippen LogP contribution in [0.15, 0.2) is 28.8 Å². The molecule has 1 amide bonds. The summed E-state index contributed by atoms with van der Waals surface area (Å²) in [6.07, 6.45) is 1.10. The normalized spacial score (nSPS) is 10.4. The van der Waals surface area contributed by atoms with Crippen molar-refractivity contribution in [2.45, 2.75) is 26.7 Å². The number of hydrogen-bond donors (Lipinski definition) is 1. The third-order valence-corrected chi connectivity index (χ3v) is 3.41. The first-order valence-corrected chi connectivity index (χ1v) is 6.91. The minimum Gasteiger partial charge on any atom is -0.497 e. The molecule has 0 fully saturated rings. The zero-order valence-corrected chi connectivity index (χ0v) is 12.6. The van der Waals surface area contributed by atoms with E-state index in [0.717, 1.165) is 29.0 Å². The number of carbonyl (C=O) groups excluding carboxylic acids is 1. The number of ether oxygens (including phenoxy) is 1. The van der Waals surface area contributed by atoms with E-state index >= 15 is 0 Å². The standard InChI is InChI=1S/C16H20N2O3/c1-11-15(12(2)21-18-11)10-16(19)17-9-8-13-4-6-14(20-3)7-5-13/h4-7H,8-10H2,1-3H3,(H,17,19). The number of nitrogens with one attached hydrogen (secondary N) is 1. The molecular weight excluding hydrogens is 268 g/mol. The Morgan fingerprint density at radius 3 is 2.57 bits per heavy atom. The molecule has 21 heavy (non-hydrogen) atoms. The molecule has 0 bridgehead atoms. The Morgan fingerprint density at radius 2 is 2.00 bits per heavy atom. The van der Waals surface area contributed by atoms with E-state index < -0.39 is 0 Å². The molecule has 0 atom stereocenters. The van der Waals surface area contributed by atoms with Crippen molar-refractivity contribution in [3.05, 3.63) is 46.8 Å². The quantitative estimate of drug-likeness (QED) is 0.885. The van der Waals surface area contributed by atoms with Crippen LogP contribution < -0.4 is 10.1 Å². The summed E-state index contributed by atoms with van der Waals surface area (Å²) in [4.78, 5) is 11.9. The van der Waals surface area contributed by atoms with Gasteiger partial charge in [-0.2, -0.15) is 0 Å². The van der Waals surface area contributed by atoms with Gasteiger partial charge in [0.2, 0.25) is 5.91 Å². The van der Waals surface area contributed by atoms with Gasteiger partial charge in [-0.25, -0.2) is 0 Å². The van der Waals surface area contributed by atoms with Gasteiger partial charge in [0.05, 0.1) is 19.2 Å². The van der Waals surface area contributed by atoms with Crippen molar-refractivity contribution in [2.24, 2.45) is 0 Å². The Hall–Kier alpha value is -2.30. The number of hydrogen-bond acceptors (Lipinski definition) is 4. The van der Waals surface area contributed by atoms with Crippen molar-refractivity contribution < 1.29 is 14.1 Å². The van der Waals surface area contributed by atoms with Crippen LogP contribution >= 0.6 is 0 Å². The molecule has 2 aromatic rings. The smallest absolute Gasteiger partial charge is 0.224 e. The monoisotopic (exact) mass is 288 g/mol. The minimum absolute atomic E-state index is 0.0158. The van der Waals surface area contributed by atoms with Crippen molar-refractivity contribution in [1.82, 2.24) is 10.5 Å². The molecule has 1 heterocycles. The molecule has 0 radical (unpaired) electrons. The Balaban J connectivity index is 1.79. The maximum Gasteiger partial charge on any atom is 0.224 e. The van der Waals surface area contributed by atoms with Crippen molar-refractivity contribution in [3.8, 4) is 5.75 Å². The van der Waals surface area contributed by atoms with Gasteiger partial charge in [0.1, 0.15) is 11.5 Å². The van der Waals surface area contributed by atoms with Gasteiger partial charge in [0.15, 0.2) is 0 Å². The SMILES string of the molecule is COc1ccc(CCNC(=O)Cc2c(C)noc2C)cc1. The molecule has 5 nitrogen and oxygen atoms in total. The first-order valence-electron chi connectivity index (χ1n) is 6.91. The first kappa shape index (κ1) is 15.1. The van der Waals surface area contributed by atoms with Gasteiger partial charge in [-0.1, -0.05) is 17.3 Å². The fraction of sp³-hybridized carbons (Fsp3) is 0.375. The number of rotatable bonds is 6. The van der Waals surface area contributed by atoms with Crippen molar-refractivity contribution in [2.75, 3.05) is 13.7 Å². The summed E-state index contributed by atoms with van der Waals surface area (Å²) in [6, 6.07) is 7.83. The van der Waals surface area contributed by atoms with Crippen LogP contribution in [0.5, 0.6) is 5.75 Å². The molecule has 5 heteroatoms. The Labute approximate surface area is 124 Å². The second-order valence-electron chi connectivity index (χ2n) is 4.93. The van der Waals surface area contributed by atoms with Gasteiger partial charge in [0, 0.05) is 12.1 Å². The highest BCUT2D eigenvalue weighted by Crippen LogP contribution is 2.13. The maximum absolute atomic E-state index is 11.9. The van der Waals surface area contributed by atoms with E-state index in [2.05, 4.69) is 10.5 Å². The number of benzene rings is 1. The van der Waals surface area contributed by atoms with Crippen LogP contribution in [0.4, 0.5) is 0 Å². The summed E-state index contributed by atoms with van der Waals surface area (Å²) >= 11 is 0. The maximum atomic E-state index is 11.9. The molecule has 0 saturated carbocycles. The average Bonchev–Trinajstić information content (AvgIpc) is 2.80. The van der Waals surface area contributed by atoms with E-state index in [0.29, 0.717) is 18.7 Å². The van der Waals surface area contributed by atoms with Crippen LogP contribution in [0.2, 0.25) is 0 Å². The van der Waals surface area contributed by atoms with E-state index in [1.807, 2.05) is 38.1 Å². The summed E-state index contributed by atoms with van der Waals surface area (Å²) in [7, 11) is 1.64. The highest BCUT2D eigenvalue weighted by atomic mass is 16.5. The molecule has 2 rings (SSSR count). The number of carbonyl (C=O) groups is 1. The predicted octanol–water partition coefficient (Wildman–Crippen LogP) is 2.20. The van der Waals surface area contributed by atoms with E-state index in [4.69, 9.17) is 9.26 Å². The molecule has 1 aromatic carbocycles. The molecule has 0 unspecified atom stereocenters. The van der Waals surface area contributed by atoms with Crippen LogP contribution in [0.1, 0.15) is 22.6 Å². The van der Waals surface area contributed by atoms with E-state index in [9.17, 15) is 4.79 Å². The molecule has 0 aliphatic carbocycles. The van der Waals surface area contributed by atoms with Gasteiger partial charge in [-0.3, -0.25) is 4.79 Å². The molecule has 1 aromatic heterocycles. The zero-order chi connectivity index (χ0) is 15.2. The van der Waals surface area contributed by atoms with Crippen LogP contribution in [0.25, 0.3) is 0 Å². The number of aromatic nitrogens is 1. The van der Waals surface area contributed by atoms with E-state index in [1.165, 1.54) is 0 Å².